The van der Waals surface area contributed by atoms with Gasteiger partial charge in [-0.2, -0.15) is 0 Å². The molecule has 0 saturated carbocycles. The molecule has 0 aliphatic heterocycles. The van der Waals surface area contributed by atoms with E-state index in [4.69, 9.17) is 4.74 Å². The molecule has 0 bridgehead atoms. The van der Waals surface area contributed by atoms with Crippen molar-refractivity contribution in [2.45, 2.75) is 31.8 Å². The summed E-state index contributed by atoms with van der Waals surface area (Å²) < 4.78 is 5.22. The highest BCUT2D eigenvalue weighted by Gasteiger charge is 2.20. The molecule has 0 radical (unpaired) electrons. The van der Waals surface area contributed by atoms with Crippen molar-refractivity contribution in [3.63, 3.8) is 0 Å². The summed E-state index contributed by atoms with van der Waals surface area (Å²) in [4.78, 5) is 10.9. The van der Waals surface area contributed by atoms with Gasteiger partial charge in [0.15, 0.2) is 0 Å². The van der Waals surface area contributed by atoms with Gasteiger partial charge in [-0.15, -0.1) is 0 Å². The van der Waals surface area contributed by atoms with Crippen LogP contribution in [0, 0.1) is 0 Å². The summed E-state index contributed by atoms with van der Waals surface area (Å²) in [5, 5.41) is 0. The Bertz CT molecular complexity index is 381. The molecule has 2 nitrogen and oxygen atoms in total. The Labute approximate surface area is 95.9 Å². The minimum Gasteiger partial charge on any atom is -0.458 e. The lowest BCUT2D eigenvalue weighted by Crippen LogP contribution is -2.20. The number of allylic oxidation sites excluding steroid dienone is 1. The van der Waals surface area contributed by atoms with Crippen LogP contribution in [0.15, 0.2) is 42.5 Å². The molecule has 0 N–H and O–H groups in total. The zero-order valence-corrected chi connectivity index (χ0v) is 9.43. The number of carbonyl (C=O) groups is 1. The Morgan fingerprint density at radius 2 is 2.06 bits per heavy atom. The van der Waals surface area contributed by atoms with Crippen molar-refractivity contribution in [3.05, 3.63) is 48.0 Å². The number of rotatable bonds is 2. The Hall–Kier alpha value is -1.57. The molecule has 0 aromatic heterocycles. The van der Waals surface area contributed by atoms with Gasteiger partial charge in [0.25, 0.3) is 0 Å². The summed E-state index contributed by atoms with van der Waals surface area (Å²) in [6.07, 6.45) is 5.95. The van der Waals surface area contributed by atoms with E-state index >= 15 is 0 Å². The molecule has 2 heteroatoms. The van der Waals surface area contributed by atoms with E-state index in [2.05, 4.69) is 30.3 Å². The van der Waals surface area contributed by atoms with Crippen LogP contribution in [0.5, 0.6) is 0 Å². The maximum atomic E-state index is 10.9. The molecule has 0 amide bonds. The third kappa shape index (κ3) is 2.72. The second-order valence-corrected chi connectivity index (χ2v) is 4.16. The largest absolute Gasteiger partial charge is 0.458 e. The smallest absolute Gasteiger partial charge is 0.303 e. The lowest BCUT2D eigenvalue weighted by Gasteiger charge is -2.24. The average molecular weight is 216 g/mol. The summed E-state index contributed by atoms with van der Waals surface area (Å²) in [6, 6.07) is 10.4. The van der Waals surface area contributed by atoms with Crippen LogP contribution in [0.2, 0.25) is 0 Å². The van der Waals surface area contributed by atoms with Crippen LogP contribution in [-0.2, 0) is 9.53 Å². The first-order valence-electron chi connectivity index (χ1n) is 5.64. The molecule has 2 atom stereocenters. The Morgan fingerprint density at radius 1 is 1.31 bits per heavy atom. The van der Waals surface area contributed by atoms with E-state index in [-0.39, 0.29) is 12.1 Å². The van der Waals surface area contributed by atoms with E-state index in [1.807, 2.05) is 12.1 Å². The standard InChI is InChI=1S/C14H16O2/c1-11(15)16-14-9-5-8-13(10-14)12-6-3-2-4-7-12/h2-7,9,13-14H,8,10H2,1H3/t13-,14-/m0/s1. The summed E-state index contributed by atoms with van der Waals surface area (Å²) in [7, 11) is 0. The molecule has 0 saturated heterocycles. The molecule has 0 heterocycles. The predicted octanol–water partition coefficient (Wildman–Crippen LogP) is 3.05. The van der Waals surface area contributed by atoms with Crippen LogP contribution in [0.4, 0.5) is 0 Å². The van der Waals surface area contributed by atoms with Gasteiger partial charge in [0, 0.05) is 6.92 Å². The fraction of sp³-hybridized carbons (Fsp3) is 0.357. The van der Waals surface area contributed by atoms with Crippen LogP contribution in [0.3, 0.4) is 0 Å². The zero-order valence-electron chi connectivity index (χ0n) is 9.43. The zero-order chi connectivity index (χ0) is 11.4. The van der Waals surface area contributed by atoms with Gasteiger partial charge in [0.2, 0.25) is 0 Å². The summed E-state index contributed by atoms with van der Waals surface area (Å²) in [6.45, 7) is 1.46. The first-order chi connectivity index (χ1) is 7.75. The van der Waals surface area contributed by atoms with Crippen LogP contribution in [0.1, 0.15) is 31.2 Å². The summed E-state index contributed by atoms with van der Waals surface area (Å²) in [5.41, 5.74) is 1.32. The van der Waals surface area contributed by atoms with Crippen molar-refractivity contribution in [2.75, 3.05) is 0 Å². The summed E-state index contributed by atoms with van der Waals surface area (Å²) in [5.74, 6) is 0.263. The van der Waals surface area contributed by atoms with Crippen LogP contribution < -0.4 is 0 Å². The van der Waals surface area contributed by atoms with E-state index in [9.17, 15) is 4.79 Å². The van der Waals surface area contributed by atoms with Crippen LogP contribution in [-0.4, -0.2) is 12.1 Å². The molecule has 84 valence electrons. The third-order valence-electron chi connectivity index (χ3n) is 2.88. The molecule has 16 heavy (non-hydrogen) atoms. The molecule has 0 spiro atoms. The van der Waals surface area contributed by atoms with Crippen molar-refractivity contribution in [2.24, 2.45) is 0 Å². The highest BCUT2D eigenvalue weighted by atomic mass is 16.5. The molecular formula is C14H16O2. The van der Waals surface area contributed by atoms with E-state index in [0.717, 1.165) is 12.8 Å². The SMILES string of the molecule is CC(=O)O[C@H]1C=CC[C@H](c2ccccc2)C1. The van der Waals surface area contributed by atoms with Crippen molar-refractivity contribution < 1.29 is 9.53 Å². The van der Waals surface area contributed by atoms with Gasteiger partial charge in [-0.3, -0.25) is 4.79 Å². The number of hydrogen-bond donors (Lipinski definition) is 0. The number of esters is 1. The minimum absolute atomic E-state index is 0.0588. The maximum Gasteiger partial charge on any atom is 0.303 e. The predicted molar refractivity (Wildman–Crippen MR) is 63.1 cm³/mol. The third-order valence-corrected chi connectivity index (χ3v) is 2.88. The summed E-state index contributed by atoms with van der Waals surface area (Å²) >= 11 is 0. The van der Waals surface area contributed by atoms with Crippen molar-refractivity contribution >= 4 is 5.97 Å². The molecule has 1 aliphatic carbocycles. The first-order valence-corrected chi connectivity index (χ1v) is 5.64. The van der Waals surface area contributed by atoms with E-state index in [0.29, 0.717) is 5.92 Å². The quantitative estimate of drug-likeness (QED) is 0.561. The van der Waals surface area contributed by atoms with Gasteiger partial charge in [-0.1, -0.05) is 36.4 Å². The molecule has 1 aliphatic rings. The van der Waals surface area contributed by atoms with E-state index < -0.39 is 0 Å². The fourth-order valence-corrected chi connectivity index (χ4v) is 2.15. The fourth-order valence-electron chi connectivity index (χ4n) is 2.15. The van der Waals surface area contributed by atoms with Gasteiger partial charge in [-0.05, 0) is 30.4 Å². The molecule has 1 aromatic rings. The number of ether oxygens (including phenoxy) is 1. The van der Waals surface area contributed by atoms with Gasteiger partial charge >= 0.3 is 5.97 Å². The monoisotopic (exact) mass is 216 g/mol. The molecule has 0 fully saturated rings. The van der Waals surface area contributed by atoms with Crippen molar-refractivity contribution in [3.8, 4) is 0 Å². The molecule has 2 rings (SSSR count). The second-order valence-electron chi connectivity index (χ2n) is 4.16. The van der Waals surface area contributed by atoms with Gasteiger partial charge in [0.1, 0.15) is 6.10 Å². The van der Waals surface area contributed by atoms with Crippen LogP contribution >= 0.6 is 0 Å². The number of hydrogen-bond acceptors (Lipinski definition) is 2. The highest BCUT2D eigenvalue weighted by Crippen LogP contribution is 2.30. The first kappa shape index (κ1) is 10.9. The van der Waals surface area contributed by atoms with E-state index in [1.165, 1.54) is 12.5 Å². The Morgan fingerprint density at radius 3 is 2.75 bits per heavy atom. The van der Waals surface area contributed by atoms with Crippen molar-refractivity contribution in [1.82, 2.24) is 0 Å². The van der Waals surface area contributed by atoms with Gasteiger partial charge in [0.05, 0.1) is 0 Å². The minimum atomic E-state index is -0.205. The topological polar surface area (TPSA) is 26.3 Å². The van der Waals surface area contributed by atoms with Gasteiger partial charge < -0.3 is 4.74 Å². The van der Waals surface area contributed by atoms with Crippen molar-refractivity contribution in [1.29, 1.82) is 0 Å². The lowest BCUT2D eigenvalue weighted by molar-refractivity contribution is -0.144. The normalized spacial score (nSPS) is 24.1. The second kappa shape index (κ2) is 4.97. The Kier molecular flexibility index (Phi) is 3.40. The number of benzene rings is 1. The lowest BCUT2D eigenvalue weighted by atomic mass is 9.86. The van der Waals surface area contributed by atoms with Crippen LogP contribution in [0.25, 0.3) is 0 Å². The molecular weight excluding hydrogens is 200 g/mol. The van der Waals surface area contributed by atoms with E-state index in [1.54, 1.807) is 0 Å². The molecule has 1 aromatic carbocycles. The highest BCUT2D eigenvalue weighted by molar-refractivity contribution is 5.66. The number of carbonyl (C=O) groups excluding carboxylic acids is 1. The van der Waals surface area contributed by atoms with Gasteiger partial charge in [-0.25, -0.2) is 0 Å². The molecule has 0 unspecified atom stereocenters. The maximum absolute atomic E-state index is 10.9. The Balaban J connectivity index is 2.04. The average Bonchev–Trinajstić information content (AvgIpc) is 2.30.